The number of carbonyl (C=O) groups is 1. The molecule has 1 aromatic rings. The van der Waals surface area contributed by atoms with Crippen LogP contribution in [0.5, 0.6) is 11.5 Å². The molecule has 0 spiro atoms. The lowest BCUT2D eigenvalue weighted by molar-refractivity contribution is 0.0306. The summed E-state index contributed by atoms with van der Waals surface area (Å²) in [6.07, 6.45) is 6.68. The Hall–Kier alpha value is -2.51. The van der Waals surface area contributed by atoms with Crippen molar-refractivity contribution in [2.45, 2.75) is 38.1 Å². The van der Waals surface area contributed by atoms with E-state index in [4.69, 9.17) is 21.1 Å². The first-order chi connectivity index (χ1) is 12.4. The number of epoxide rings is 1. The van der Waals surface area contributed by atoms with Gasteiger partial charge in [0, 0.05) is 18.9 Å². The number of esters is 1. The summed E-state index contributed by atoms with van der Waals surface area (Å²) < 4.78 is 10.9. The number of fused-ring (bicyclic) bond motifs is 2. The van der Waals surface area contributed by atoms with Crippen LogP contribution in [0.1, 0.15) is 29.3 Å². The monoisotopic (exact) mass is 379 g/mol. The van der Waals surface area contributed by atoms with E-state index in [1.807, 2.05) is 6.08 Å². The van der Waals surface area contributed by atoms with Crippen molar-refractivity contribution >= 4 is 23.3 Å². The van der Waals surface area contributed by atoms with Gasteiger partial charge in [-0.2, -0.15) is 0 Å². The zero-order valence-corrected chi connectivity index (χ0v) is 14.7. The second-order valence-electron chi connectivity index (χ2n) is 6.19. The van der Waals surface area contributed by atoms with Crippen molar-refractivity contribution in [3.05, 3.63) is 46.5 Å². The van der Waals surface area contributed by atoms with Gasteiger partial charge in [0.15, 0.2) is 0 Å². The number of phenols is 2. The molecule has 3 atom stereocenters. The molecular weight excluding hydrogens is 362 g/mol. The normalized spacial score (nSPS) is 29.8. The fourth-order valence-electron chi connectivity index (χ4n) is 2.86. The molecule has 0 aromatic heterocycles. The standard InChI is InChI=1S/C18H18ClNO6/c1-9-6-15-14(26-15)5-3-2-4-10(20-24)7-11-16(18(23)25-9)12(21)8-13(22)17(11)19/h2-5,8-9,14-15,21-22,24H,6-7H2,1H3/b4-2-,5-3-,20-10-. The molecule has 3 N–H and O–H groups in total. The largest absolute Gasteiger partial charge is 0.507 e. The summed E-state index contributed by atoms with van der Waals surface area (Å²) in [7, 11) is 0. The quantitative estimate of drug-likeness (QED) is 0.276. The molecule has 26 heavy (non-hydrogen) atoms. The van der Waals surface area contributed by atoms with Crippen LogP contribution in [0, 0.1) is 0 Å². The van der Waals surface area contributed by atoms with E-state index >= 15 is 0 Å². The van der Waals surface area contributed by atoms with Crippen LogP contribution in [-0.4, -0.2) is 45.4 Å². The molecule has 8 heteroatoms. The van der Waals surface area contributed by atoms with Gasteiger partial charge in [0.05, 0.1) is 16.8 Å². The van der Waals surface area contributed by atoms with E-state index in [1.54, 1.807) is 19.1 Å². The van der Waals surface area contributed by atoms with Crippen LogP contribution in [0.25, 0.3) is 0 Å². The van der Waals surface area contributed by atoms with Gasteiger partial charge >= 0.3 is 5.97 Å². The van der Waals surface area contributed by atoms with Crippen molar-refractivity contribution in [1.29, 1.82) is 0 Å². The minimum absolute atomic E-state index is 0.0483. The highest BCUT2D eigenvalue weighted by Crippen LogP contribution is 2.37. The smallest absolute Gasteiger partial charge is 0.342 e. The number of halogens is 1. The molecule has 0 amide bonds. The number of carbonyl (C=O) groups excluding carboxylic acids is 1. The predicted octanol–water partition coefficient (Wildman–Crippen LogP) is 2.95. The molecule has 0 bridgehead atoms. The van der Waals surface area contributed by atoms with E-state index in [0.29, 0.717) is 6.42 Å². The number of oxime groups is 1. The van der Waals surface area contributed by atoms with Crippen LogP contribution in [0.4, 0.5) is 0 Å². The first kappa shape index (κ1) is 18.3. The Morgan fingerprint density at radius 2 is 2.04 bits per heavy atom. The summed E-state index contributed by atoms with van der Waals surface area (Å²) in [5.41, 5.74) is 0.115. The highest BCUT2D eigenvalue weighted by molar-refractivity contribution is 6.33. The maximum Gasteiger partial charge on any atom is 0.342 e. The Kier molecular flexibility index (Phi) is 5.20. The molecule has 1 fully saturated rings. The van der Waals surface area contributed by atoms with Crippen molar-refractivity contribution < 1.29 is 29.7 Å². The number of cyclic esters (lactones) is 1. The van der Waals surface area contributed by atoms with Crippen molar-refractivity contribution in [2.24, 2.45) is 5.16 Å². The average molecular weight is 380 g/mol. The van der Waals surface area contributed by atoms with Gasteiger partial charge in [-0.15, -0.1) is 0 Å². The van der Waals surface area contributed by atoms with Crippen LogP contribution in [-0.2, 0) is 15.9 Å². The molecule has 2 heterocycles. The molecule has 2 aliphatic heterocycles. The van der Waals surface area contributed by atoms with Crippen molar-refractivity contribution in [2.75, 3.05) is 0 Å². The Balaban J connectivity index is 2.05. The van der Waals surface area contributed by atoms with Crippen LogP contribution < -0.4 is 0 Å². The number of hydrogen-bond donors (Lipinski definition) is 3. The molecule has 3 unspecified atom stereocenters. The Morgan fingerprint density at radius 1 is 1.27 bits per heavy atom. The molecular formula is C18H18ClNO6. The number of benzene rings is 1. The number of aromatic hydroxyl groups is 2. The molecule has 3 rings (SSSR count). The van der Waals surface area contributed by atoms with Crippen LogP contribution in [0.2, 0.25) is 5.02 Å². The summed E-state index contributed by atoms with van der Waals surface area (Å²) in [5, 5.41) is 32.3. The molecule has 1 saturated heterocycles. The van der Waals surface area contributed by atoms with Crippen molar-refractivity contribution in [3.63, 3.8) is 0 Å². The maximum absolute atomic E-state index is 12.6. The van der Waals surface area contributed by atoms with Gasteiger partial charge in [-0.3, -0.25) is 0 Å². The summed E-state index contributed by atoms with van der Waals surface area (Å²) >= 11 is 6.12. The number of ether oxygens (including phenoxy) is 2. The predicted molar refractivity (Wildman–Crippen MR) is 94.1 cm³/mol. The van der Waals surface area contributed by atoms with Crippen LogP contribution >= 0.6 is 11.6 Å². The number of phenolic OH excluding ortho intramolecular Hbond substituents is 2. The minimum Gasteiger partial charge on any atom is -0.507 e. The first-order valence-electron chi connectivity index (χ1n) is 8.06. The molecule has 2 aliphatic rings. The highest BCUT2D eigenvalue weighted by atomic mass is 35.5. The fraction of sp³-hybridized carbons (Fsp3) is 0.333. The van der Waals surface area contributed by atoms with Gasteiger partial charge < -0.3 is 24.9 Å². The first-order valence-corrected chi connectivity index (χ1v) is 8.44. The van der Waals surface area contributed by atoms with Crippen molar-refractivity contribution in [3.8, 4) is 11.5 Å². The summed E-state index contributed by atoms with van der Waals surface area (Å²) in [4.78, 5) is 12.6. The number of allylic oxidation sites excluding steroid dienone is 3. The van der Waals surface area contributed by atoms with Gasteiger partial charge in [0.1, 0.15) is 29.3 Å². The van der Waals surface area contributed by atoms with Gasteiger partial charge in [0.2, 0.25) is 0 Å². The highest BCUT2D eigenvalue weighted by Gasteiger charge is 2.38. The van der Waals surface area contributed by atoms with E-state index in [1.165, 1.54) is 6.08 Å². The van der Waals surface area contributed by atoms with Crippen LogP contribution in [0.3, 0.4) is 0 Å². The third-order valence-electron chi connectivity index (χ3n) is 4.21. The third kappa shape index (κ3) is 3.84. The molecule has 1 aromatic carbocycles. The zero-order valence-electron chi connectivity index (χ0n) is 13.9. The van der Waals surface area contributed by atoms with Crippen LogP contribution in [0.15, 0.2) is 35.5 Å². The van der Waals surface area contributed by atoms with Gasteiger partial charge in [-0.25, -0.2) is 4.79 Å². The Morgan fingerprint density at radius 3 is 2.77 bits per heavy atom. The van der Waals surface area contributed by atoms with E-state index in [2.05, 4.69) is 5.16 Å². The van der Waals surface area contributed by atoms with E-state index < -0.39 is 17.8 Å². The van der Waals surface area contributed by atoms with Gasteiger partial charge in [-0.1, -0.05) is 35.0 Å². The summed E-state index contributed by atoms with van der Waals surface area (Å²) in [6, 6.07) is 0.977. The van der Waals surface area contributed by atoms with Gasteiger partial charge in [-0.05, 0) is 18.6 Å². The topological polar surface area (TPSA) is 112 Å². The molecule has 138 valence electrons. The number of rotatable bonds is 0. The summed E-state index contributed by atoms with van der Waals surface area (Å²) in [5.74, 6) is -1.63. The summed E-state index contributed by atoms with van der Waals surface area (Å²) in [6.45, 7) is 1.73. The zero-order chi connectivity index (χ0) is 18.8. The second kappa shape index (κ2) is 7.39. The van der Waals surface area contributed by atoms with Crippen molar-refractivity contribution in [1.82, 2.24) is 0 Å². The third-order valence-corrected chi connectivity index (χ3v) is 4.63. The lowest BCUT2D eigenvalue weighted by Crippen LogP contribution is -2.19. The van der Waals surface area contributed by atoms with E-state index in [9.17, 15) is 20.2 Å². The number of nitrogens with zero attached hydrogens (tertiary/aromatic N) is 1. The molecule has 0 radical (unpaired) electrons. The Labute approximate surface area is 154 Å². The molecule has 7 nitrogen and oxygen atoms in total. The fourth-order valence-corrected chi connectivity index (χ4v) is 3.07. The Bertz CT molecular complexity index is 816. The minimum atomic E-state index is -0.780. The lowest BCUT2D eigenvalue weighted by Gasteiger charge is -2.17. The van der Waals surface area contributed by atoms with E-state index in [-0.39, 0.29) is 46.2 Å². The SMILES string of the molecule is CC1CC2OC2\C=C/C=C\C(=N\O)Cc2c(Cl)c(O)cc(O)c2C(=O)O1. The van der Waals surface area contributed by atoms with E-state index in [0.717, 1.165) is 6.07 Å². The second-order valence-corrected chi connectivity index (χ2v) is 6.56. The molecule has 0 saturated carbocycles. The molecule has 0 aliphatic carbocycles. The maximum atomic E-state index is 12.6. The lowest BCUT2D eigenvalue weighted by atomic mass is 9.99. The van der Waals surface area contributed by atoms with Gasteiger partial charge in [0.25, 0.3) is 0 Å². The number of hydrogen-bond acceptors (Lipinski definition) is 7. The average Bonchev–Trinajstić information content (AvgIpc) is 3.31.